The molecule has 2 aromatic heterocycles. The van der Waals surface area contributed by atoms with Gasteiger partial charge in [-0.25, -0.2) is 14.4 Å². The molecule has 38 heavy (non-hydrogen) atoms. The zero-order chi connectivity index (χ0) is 26.6. The normalized spacial score (nSPS) is 13.5. The van der Waals surface area contributed by atoms with Gasteiger partial charge >= 0.3 is 0 Å². The second-order valence-electron chi connectivity index (χ2n) is 9.11. The highest BCUT2D eigenvalue weighted by molar-refractivity contribution is 5.95. The van der Waals surface area contributed by atoms with Gasteiger partial charge in [0.25, 0.3) is 5.91 Å². The molecular weight excluding hydrogens is 485 g/mol. The van der Waals surface area contributed by atoms with Crippen LogP contribution in [-0.4, -0.2) is 45.9 Å². The number of nitrogens with zero attached hydrogens (tertiary/aromatic N) is 3. The lowest BCUT2D eigenvalue weighted by molar-refractivity contribution is -0.116. The van der Waals surface area contributed by atoms with E-state index in [4.69, 9.17) is 10.2 Å². The molecule has 0 atom stereocenters. The summed E-state index contributed by atoms with van der Waals surface area (Å²) in [6.45, 7) is 2.49. The number of nitrogen functional groups attached to an aromatic ring is 1. The van der Waals surface area contributed by atoms with Gasteiger partial charge < -0.3 is 20.4 Å². The molecule has 3 N–H and O–H groups in total. The number of anilines is 1. The van der Waals surface area contributed by atoms with Crippen LogP contribution in [0.25, 0.3) is 28.7 Å². The number of benzene rings is 2. The lowest BCUT2D eigenvalue weighted by atomic mass is 9.98. The van der Waals surface area contributed by atoms with Gasteiger partial charge in [0.05, 0.1) is 25.8 Å². The van der Waals surface area contributed by atoms with E-state index in [0.29, 0.717) is 23.0 Å². The minimum Gasteiger partial charge on any atom is -0.439 e. The van der Waals surface area contributed by atoms with Crippen molar-refractivity contribution in [3.8, 4) is 22.6 Å². The van der Waals surface area contributed by atoms with Gasteiger partial charge in [0.2, 0.25) is 11.8 Å². The van der Waals surface area contributed by atoms with Crippen LogP contribution in [-0.2, 0) is 11.3 Å². The van der Waals surface area contributed by atoms with Crippen LogP contribution in [0.4, 0.5) is 10.2 Å². The molecule has 0 radical (unpaired) electrons. The molecule has 5 rings (SSSR count). The summed E-state index contributed by atoms with van der Waals surface area (Å²) in [6.07, 6.45) is 5.33. The molecule has 4 aromatic rings. The standard InChI is InChI=1S/C29H26FN5O3/c1-18-12-22(20-4-6-21(7-5-20)29(37)35-16-23(30)17-35)8-9-25(18)28-34-15-24(38-28)14-33-27(36)11-3-19-2-10-26(31)32-13-19/h2-13,15,23H,14,16-17H2,1H3,(H2,31,32)(H,33,36)/b11-3+. The average molecular weight is 512 g/mol. The molecule has 1 saturated heterocycles. The Hall–Kier alpha value is -4.79. The van der Waals surface area contributed by atoms with E-state index in [1.165, 1.54) is 11.0 Å². The molecule has 0 bridgehead atoms. The van der Waals surface area contributed by atoms with Crippen molar-refractivity contribution in [3.05, 3.63) is 95.5 Å². The van der Waals surface area contributed by atoms with Crippen LogP contribution >= 0.6 is 0 Å². The van der Waals surface area contributed by atoms with Gasteiger partial charge in [0.15, 0.2) is 0 Å². The Balaban J connectivity index is 1.20. The van der Waals surface area contributed by atoms with Gasteiger partial charge in [-0.1, -0.05) is 24.3 Å². The number of carbonyl (C=O) groups is 2. The number of halogens is 1. The van der Waals surface area contributed by atoms with Crippen LogP contribution in [0.15, 0.2) is 77.5 Å². The topological polar surface area (TPSA) is 114 Å². The number of carbonyl (C=O) groups excluding carboxylic acids is 2. The molecule has 3 heterocycles. The second kappa shape index (κ2) is 10.7. The predicted octanol–water partition coefficient (Wildman–Crippen LogP) is 4.42. The van der Waals surface area contributed by atoms with Crippen molar-refractivity contribution in [2.45, 2.75) is 19.6 Å². The van der Waals surface area contributed by atoms with E-state index in [-0.39, 0.29) is 31.4 Å². The fourth-order valence-corrected chi connectivity index (χ4v) is 4.10. The van der Waals surface area contributed by atoms with Gasteiger partial charge in [0, 0.05) is 23.4 Å². The van der Waals surface area contributed by atoms with E-state index in [2.05, 4.69) is 15.3 Å². The lowest BCUT2D eigenvalue weighted by Crippen LogP contribution is -2.51. The summed E-state index contributed by atoms with van der Waals surface area (Å²) in [6, 6.07) is 16.7. The van der Waals surface area contributed by atoms with E-state index in [1.54, 1.807) is 42.7 Å². The number of hydrogen-bond acceptors (Lipinski definition) is 6. The van der Waals surface area contributed by atoms with Crippen molar-refractivity contribution in [2.24, 2.45) is 0 Å². The number of nitrogens with one attached hydrogen (secondary N) is 1. The average Bonchev–Trinajstić information content (AvgIpc) is 3.38. The maximum Gasteiger partial charge on any atom is 0.254 e. The highest BCUT2D eigenvalue weighted by Crippen LogP contribution is 2.29. The van der Waals surface area contributed by atoms with Crippen molar-refractivity contribution >= 4 is 23.7 Å². The van der Waals surface area contributed by atoms with Crippen LogP contribution in [0.2, 0.25) is 0 Å². The number of likely N-dealkylation sites (tertiary alicyclic amines) is 1. The van der Waals surface area contributed by atoms with Crippen molar-refractivity contribution in [1.29, 1.82) is 0 Å². The monoisotopic (exact) mass is 511 g/mol. The maximum atomic E-state index is 13.1. The van der Waals surface area contributed by atoms with Crippen LogP contribution in [0.5, 0.6) is 0 Å². The summed E-state index contributed by atoms with van der Waals surface area (Å²) >= 11 is 0. The summed E-state index contributed by atoms with van der Waals surface area (Å²) in [5, 5.41) is 2.77. The molecule has 8 nitrogen and oxygen atoms in total. The Kier molecular flexibility index (Phi) is 6.99. The third-order valence-electron chi connectivity index (χ3n) is 6.27. The number of aryl methyl sites for hydroxylation is 1. The SMILES string of the molecule is Cc1cc(-c2ccc(C(=O)N3CC(F)C3)cc2)ccc1-c1ncc(CNC(=O)/C=C/c2ccc(N)nc2)o1. The molecule has 192 valence electrons. The van der Waals surface area contributed by atoms with Gasteiger partial charge in [-0.15, -0.1) is 0 Å². The number of pyridine rings is 1. The van der Waals surface area contributed by atoms with Crippen molar-refractivity contribution in [1.82, 2.24) is 20.2 Å². The molecule has 1 fully saturated rings. The molecule has 9 heteroatoms. The first-order chi connectivity index (χ1) is 18.4. The predicted molar refractivity (Wildman–Crippen MR) is 142 cm³/mol. The first-order valence-electron chi connectivity index (χ1n) is 12.1. The smallest absolute Gasteiger partial charge is 0.254 e. The lowest BCUT2D eigenvalue weighted by Gasteiger charge is -2.34. The summed E-state index contributed by atoms with van der Waals surface area (Å²) < 4.78 is 18.9. The fraction of sp³-hybridized carbons (Fsp3) is 0.172. The molecule has 1 aliphatic rings. The summed E-state index contributed by atoms with van der Waals surface area (Å²) in [4.78, 5) is 34.4. The maximum absolute atomic E-state index is 13.1. The molecule has 0 aliphatic carbocycles. The molecule has 0 spiro atoms. The number of oxazole rings is 1. The minimum absolute atomic E-state index is 0.150. The largest absolute Gasteiger partial charge is 0.439 e. The van der Waals surface area contributed by atoms with Gasteiger partial charge in [-0.2, -0.15) is 0 Å². The van der Waals surface area contributed by atoms with Gasteiger partial charge in [0.1, 0.15) is 17.7 Å². The molecule has 0 unspecified atom stereocenters. The number of rotatable bonds is 7. The number of aromatic nitrogens is 2. The van der Waals surface area contributed by atoms with Crippen molar-refractivity contribution in [2.75, 3.05) is 18.8 Å². The Labute approximate surface area is 219 Å². The van der Waals surface area contributed by atoms with Crippen molar-refractivity contribution in [3.63, 3.8) is 0 Å². The van der Waals surface area contributed by atoms with Crippen molar-refractivity contribution < 1.29 is 18.4 Å². The third-order valence-corrected chi connectivity index (χ3v) is 6.27. The fourth-order valence-electron chi connectivity index (χ4n) is 4.10. The van der Waals surface area contributed by atoms with Crippen LogP contribution < -0.4 is 11.1 Å². The Morgan fingerprint density at radius 3 is 2.53 bits per heavy atom. The third kappa shape index (κ3) is 5.62. The zero-order valence-corrected chi connectivity index (χ0v) is 20.7. The van der Waals surface area contributed by atoms with E-state index < -0.39 is 6.17 Å². The Morgan fingerprint density at radius 1 is 1.08 bits per heavy atom. The second-order valence-corrected chi connectivity index (χ2v) is 9.11. The van der Waals surface area contributed by atoms with Crippen LogP contribution in [0, 0.1) is 6.92 Å². The Morgan fingerprint density at radius 2 is 1.84 bits per heavy atom. The van der Waals surface area contributed by atoms with E-state index in [0.717, 1.165) is 27.8 Å². The Bertz CT molecular complexity index is 1490. The zero-order valence-electron chi connectivity index (χ0n) is 20.7. The van der Waals surface area contributed by atoms with Crippen LogP contribution in [0.3, 0.4) is 0 Å². The van der Waals surface area contributed by atoms with Crippen LogP contribution in [0.1, 0.15) is 27.2 Å². The first-order valence-corrected chi connectivity index (χ1v) is 12.1. The highest BCUT2D eigenvalue weighted by Gasteiger charge is 2.30. The molecule has 0 saturated carbocycles. The van der Waals surface area contributed by atoms with E-state index >= 15 is 0 Å². The molecule has 1 aliphatic heterocycles. The number of amides is 2. The molecule has 2 aromatic carbocycles. The van der Waals surface area contributed by atoms with Gasteiger partial charge in [-0.05, 0) is 65.6 Å². The first kappa shape index (κ1) is 24.9. The number of alkyl halides is 1. The van der Waals surface area contributed by atoms with Gasteiger partial charge in [-0.3, -0.25) is 9.59 Å². The summed E-state index contributed by atoms with van der Waals surface area (Å²) in [5.74, 6) is 0.984. The molecule has 2 amide bonds. The number of hydrogen-bond donors (Lipinski definition) is 2. The summed E-state index contributed by atoms with van der Waals surface area (Å²) in [7, 11) is 0. The quantitative estimate of drug-likeness (QED) is 0.355. The van der Waals surface area contributed by atoms with E-state index in [1.807, 2.05) is 37.3 Å². The number of nitrogens with two attached hydrogens (primary N) is 1. The minimum atomic E-state index is -0.917. The molecular formula is C29H26FN5O3. The summed E-state index contributed by atoms with van der Waals surface area (Å²) in [5.41, 5.74) is 10.6. The highest BCUT2D eigenvalue weighted by atomic mass is 19.1. The van der Waals surface area contributed by atoms with E-state index in [9.17, 15) is 14.0 Å².